The van der Waals surface area contributed by atoms with Gasteiger partial charge in [-0.25, -0.2) is 0 Å². The van der Waals surface area contributed by atoms with Crippen molar-refractivity contribution < 1.29 is 14.7 Å². The van der Waals surface area contributed by atoms with Crippen molar-refractivity contribution in [3.8, 4) is 0 Å². The Bertz CT molecular complexity index is 880. The van der Waals surface area contributed by atoms with E-state index in [4.69, 9.17) is 0 Å². The number of rotatable bonds is 1. The molecule has 1 N–H and O–H groups in total. The fourth-order valence-corrected chi connectivity index (χ4v) is 11.2. The second-order valence-electron chi connectivity index (χ2n) is 15.0. The summed E-state index contributed by atoms with van der Waals surface area (Å²) in [6.45, 7) is 16.9. The largest absolute Gasteiger partial charge is 0.481 e. The first-order valence-corrected chi connectivity index (χ1v) is 13.9. The van der Waals surface area contributed by atoms with Crippen LogP contribution in [-0.2, 0) is 9.59 Å². The van der Waals surface area contributed by atoms with Crippen molar-refractivity contribution in [1.82, 2.24) is 0 Å². The van der Waals surface area contributed by atoms with Crippen molar-refractivity contribution in [3.05, 3.63) is 0 Å². The van der Waals surface area contributed by atoms with Crippen LogP contribution >= 0.6 is 0 Å². The van der Waals surface area contributed by atoms with E-state index < -0.39 is 11.4 Å². The van der Waals surface area contributed by atoms with Crippen LogP contribution in [0.2, 0.25) is 0 Å². The zero-order valence-corrected chi connectivity index (χ0v) is 22.4. The van der Waals surface area contributed by atoms with Crippen molar-refractivity contribution in [2.45, 2.75) is 119 Å². The lowest BCUT2D eigenvalue weighted by Gasteiger charge is -2.74. The third kappa shape index (κ3) is 2.80. The van der Waals surface area contributed by atoms with Gasteiger partial charge in [-0.1, -0.05) is 41.5 Å². The van der Waals surface area contributed by atoms with Gasteiger partial charge in [-0.05, 0) is 116 Å². The number of carboxylic acid groups (broad SMARTS) is 1. The molecule has 5 rings (SSSR count). The third-order valence-electron chi connectivity index (χ3n) is 14.0. The Hall–Kier alpha value is -0.860. The average molecular weight is 457 g/mol. The summed E-state index contributed by atoms with van der Waals surface area (Å²) in [5, 5.41) is 10.1. The van der Waals surface area contributed by atoms with Gasteiger partial charge in [-0.15, -0.1) is 0 Å². The molecule has 33 heavy (non-hydrogen) atoms. The molecule has 5 aliphatic carbocycles. The van der Waals surface area contributed by atoms with Crippen LogP contribution in [0.15, 0.2) is 0 Å². The number of hydrogen-bond donors (Lipinski definition) is 1. The minimum Gasteiger partial charge on any atom is -0.481 e. The van der Waals surface area contributed by atoms with Gasteiger partial charge < -0.3 is 5.11 Å². The van der Waals surface area contributed by atoms with Gasteiger partial charge in [0.05, 0.1) is 5.41 Å². The highest BCUT2D eigenvalue weighted by molar-refractivity contribution is 5.82. The molecule has 0 aromatic heterocycles. The second kappa shape index (κ2) is 6.88. The standard InChI is InChI=1S/C30H48O3/c1-19-20(31)8-9-21-27(19,4)11-10-22-28(21,5)15-17-30(7)23-18-26(3,24(32)33)13-12-25(23,2)14-16-29(22,30)6/h19,21-23H,8-18H2,1-7H3,(H,32,33)/t19-,21+,22+,23+,25+,26+,27+,28-,29+,30-/m0/s1. The molecule has 5 aliphatic rings. The number of carbonyl (C=O) groups is 2. The summed E-state index contributed by atoms with van der Waals surface area (Å²) in [7, 11) is 0. The summed E-state index contributed by atoms with van der Waals surface area (Å²) in [5.41, 5.74) is 0.621. The molecule has 186 valence electrons. The number of fused-ring (bicyclic) bond motifs is 7. The Morgan fingerprint density at radius 3 is 2.03 bits per heavy atom. The van der Waals surface area contributed by atoms with Crippen molar-refractivity contribution in [3.63, 3.8) is 0 Å². The van der Waals surface area contributed by atoms with Crippen molar-refractivity contribution in [2.24, 2.45) is 56.2 Å². The summed E-state index contributed by atoms with van der Waals surface area (Å²) in [6, 6.07) is 0. The topological polar surface area (TPSA) is 54.4 Å². The van der Waals surface area contributed by atoms with Crippen LogP contribution in [-0.4, -0.2) is 16.9 Å². The molecular weight excluding hydrogens is 408 g/mol. The first kappa shape index (κ1) is 23.9. The van der Waals surface area contributed by atoms with E-state index in [1.807, 2.05) is 6.92 Å². The van der Waals surface area contributed by atoms with E-state index in [0.29, 0.717) is 29.0 Å². The Morgan fingerprint density at radius 2 is 1.36 bits per heavy atom. The fourth-order valence-electron chi connectivity index (χ4n) is 11.2. The molecule has 3 heteroatoms. The summed E-state index contributed by atoms with van der Waals surface area (Å²) in [6.07, 6.45) is 12.0. The van der Waals surface area contributed by atoms with E-state index in [2.05, 4.69) is 41.5 Å². The Morgan fingerprint density at radius 1 is 0.758 bits per heavy atom. The van der Waals surface area contributed by atoms with Gasteiger partial charge in [0.1, 0.15) is 5.78 Å². The number of hydrogen-bond acceptors (Lipinski definition) is 2. The van der Waals surface area contributed by atoms with Crippen molar-refractivity contribution in [1.29, 1.82) is 0 Å². The van der Waals surface area contributed by atoms with Gasteiger partial charge in [0.25, 0.3) is 0 Å². The highest BCUT2D eigenvalue weighted by Gasteiger charge is 2.71. The zero-order valence-electron chi connectivity index (χ0n) is 22.4. The molecule has 5 saturated carbocycles. The molecule has 0 heterocycles. The van der Waals surface area contributed by atoms with Crippen LogP contribution in [0.5, 0.6) is 0 Å². The van der Waals surface area contributed by atoms with Crippen LogP contribution in [0, 0.1) is 56.2 Å². The van der Waals surface area contributed by atoms with E-state index in [0.717, 1.165) is 32.1 Å². The summed E-state index contributed by atoms with van der Waals surface area (Å²) < 4.78 is 0. The molecule has 0 unspecified atom stereocenters. The first-order chi connectivity index (χ1) is 15.2. The zero-order chi connectivity index (χ0) is 24.2. The predicted molar refractivity (Wildman–Crippen MR) is 132 cm³/mol. The summed E-state index contributed by atoms with van der Waals surface area (Å²) in [4.78, 5) is 25.0. The number of ketones is 1. The first-order valence-electron chi connectivity index (χ1n) is 13.9. The van der Waals surface area contributed by atoms with Gasteiger partial charge >= 0.3 is 5.97 Å². The normalized spacial score (nSPS) is 58.5. The Labute approximate surface area is 201 Å². The smallest absolute Gasteiger partial charge is 0.309 e. The number of carboxylic acids is 1. The SMILES string of the molecule is C[C@H]1C(=O)CC[C@H]2[C@]3(C)CC[C@@]4(C)[C@@H]5C[C@](C)(C(=O)O)CC[C@]5(C)CC[C@]4(C)[C@@H]3CC[C@@]21C. The second-order valence-corrected chi connectivity index (χ2v) is 15.0. The van der Waals surface area contributed by atoms with Crippen LogP contribution in [0.1, 0.15) is 119 Å². The maximum absolute atomic E-state index is 12.7. The summed E-state index contributed by atoms with van der Waals surface area (Å²) in [5.74, 6) is 1.91. The highest BCUT2D eigenvalue weighted by atomic mass is 16.4. The lowest BCUT2D eigenvalue weighted by molar-refractivity contribution is -0.257. The van der Waals surface area contributed by atoms with Gasteiger partial charge in [0.2, 0.25) is 0 Å². The molecular formula is C30H48O3. The quantitative estimate of drug-likeness (QED) is 0.444. The van der Waals surface area contributed by atoms with E-state index in [-0.39, 0.29) is 27.6 Å². The van der Waals surface area contributed by atoms with E-state index >= 15 is 0 Å². The van der Waals surface area contributed by atoms with Gasteiger partial charge in [0, 0.05) is 12.3 Å². The van der Waals surface area contributed by atoms with E-state index in [9.17, 15) is 14.7 Å². The van der Waals surface area contributed by atoms with Gasteiger partial charge in [-0.2, -0.15) is 0 Å². The highest BCUT2D eigenvalue weighted by Crippen LogP contribution is 2.78. The molecule has 3 nitrogen and oxygen atoms in total. The van der Waals surface area contributed by atoms with E-state index in [1.165, 1.54) is 38.5 Å². The molecule has 0 amide bonds. The van der Waals surface area contributed by atoms with Crippen LogP contribution in [0.4, 0.5) is 0 Å². The predicted octanol–water partition coefficient (Wildman–Crippen LogP) is 7.52. The van der Waals surface area contributed by atoms with Crippen LogP contribution < -0.4 is 0 Å². The monoisotopic (exact) mass is 456 g/mol. The molecule has 10 atom stereocenters. The minimum atomic E-state index is -0.588. The van der Waals surface area contributed by atoms with Gasteiger partial charge in [0.15, 0.2) is 0 Å². The van der Waals surface area contributed by atoms with Crippen molar-refractivity contribution in [2.75, 3.05) is 0 Å². The molecule has 0 bridgehead atoms. The van der Waals surface area contributed by atoms with Gasteiger partial charge in [-0.3, -0.25) is 9.59 Å². The molecule has 0 saturated heterocycles. The number of aliphatic carboxylic acids is 1. The molecule has 0 aromatic rings. The molecule has 0 aromatic carbocycles. The van der Waals surface area contributed by atoms with Crippen LogP contribution in [0.3, 0.4) is 0 Å². The Kier molecular flexibility index (Phi) is 4.97. The number of carbonyl (C=O) groups excluding carboxylic acids is 1. The fraction of sp³-hybridized carbons (Fsp3) is 0.933. The lowest BCUT2D eigenvalue weighted by Crippen LogP contribution is -2.68. The maximum Gasteiger partial charge on any atom is 0.309 e. The molecule has 5 fully saturated rings. The lowest BCUT2D eigenvalue weighted by atomic mass is 9.30. The molecule has 0 radical (unpaired) electrons. The molecule has 0 spiro atoms. The number of Topliss-reactive ketones (excluding diaryl/α,β-unsaturated/α-hetero) is 1. The maximum atomic E-state index is 12.7. The third-order valence-corrected chi connectivity index (χ3v) is 14.0. The summed E-state index contributed by atoms with van der Waals surface area (Å²) >= 11 is 0. The van der Waals surface area contributed by atoms with E-state index in [1.54, 1.807) is 0 Å². The van der Waals surface area contributed by atoms with Crippen LogP contribution in [0.25, 0.3) is 0 Å². The van der Waals surface area contributed by atoms with Crippen molar-refractivity contribution >= 4 is 11.8 Å². The Balaban J connectivity index is 1.54. The molecule has 0 aliphatic heterocycles. The average Bonchev–Trinajstić information content (AvgIpc) is 2.74. The minimum absolute atomic E-state index is 0.153.